The van der Waals surface area contributed by atoms with Gasteiger partial charge in [-0.25, -0.2) is 0 Å². The smallest absolute Gasteiger partial charge is 0.241 e. The van der Waals surface area contributed by atoms with E-state index < -0.39 is 6.04 Å². The molecule has 0 aromatic heterocycles. The van der Waals surface area contributed by atoms with E-state index in [0.717, 1.165) is 12.1 Å². The second-order valence-corrected chi connectivity index (χ2v) is 6.83. The van der Waals surface area contributed by atoms with Crippen molar-refractivity contribution in [3.05, 3.63) is 35.9 Å². The predicted octanol–water partition coefficient (Wildman–Crippen LogP) is 2.87. The number of hydrogen-bond donors (Lipinski definition) is 2. The second kappa shape index (κ2) is 7.14. The Hall–Kier alpha value is -1.00. The molecule has 1 aliphatic rings. The first-order chi connectivity index (χ1) is 9.67. The van der Waals surface area contributed by atoms with E-state index in [0.29, 0.717) is 0 Å². The summed E-state index contributed by atoms with van der Waals surface area (Å²) in [4.78, 5) is 12.2. The maximum atomic E-state index is 12.2. The topological polar surface area (TPSA) is 55.1 Å². The molecule has 0 radical (unpaired) electrons. The van der Waals surface area contributed by atoms with Crippen molar-refractivity contribution in [3.8, 4) is 0 Å². The van der Waals surface area contributed by atoms with Crippen LogP contribution < -0.4 is 11.1 Å². The maximum Gasteiger partial charge on any atom is 0.241 e. The van der Waals surface area contributed by atoms with Crippen LogP contribution in [0.15, 0.2) is 30.3 Å². The number of carbonyl (C=O) groups excluding carboxylic acids is 1. The quantitative estimate of drug-likeness (QED) is 0.877. The number of hydrogen-bond acceptors (Lipinski definition) is 3. The number of rotatable bonds is 5. The van der Waals surface area contributed by atoms with Crippen LogP contribution in [0.2, 0.25) is 0 Å². The SMILES string of the molecule is CSC1(CNC(=O)[C@@H](N)c2ccccc2)CCCCC1. The number of benzene rings is 1. The first-order valence-corrected chi connectivity index (χ1v) is 8.53. The average molecular weight is 292 g/mol. The van der Waals surface area contributed by atoms with Gasteiger partial charge in [-0.05, 0) is 24.7 Å². The zero-order valence-electron chi connectivity index (χ0n) is 12.1. The Kier molecular flexibility index (Phi) is 5.49. The normalized spacial score (nSPS) is 19.3. The Balaban J connectivity index is 1.91. The molecular weight excluding hydrogens is 268 g/mol. The van der Waals surface area contributed by atoms with E-state index in [1.807, 2.05) is 42.1 Å². The third-order valence-electron chi connectivity index (χ3n) is 4.22. The van der Waals surface area contributed by atoms with Crippen molar-refractivity contribution in [3.63, 3.8) is 0 Å². The Bertz CT molecular complexity index is 429. The van der Waals surface area contributed by atoms with E-state index >= 15 is 0 Å². The minimum atomic E-state index is -0.571. The van der Waals surface area contributed by atoms with Crippen LogP contribution in [0, 0.1) is 0 Å². The van der Waals surface area contributed by atoms with Crippen LogP contribution in [0.1, 0.15) is 43.7 Å². The van der Waals surface area contributed by atoms with Gasteiger partial charge >= 0.3 is 0 Å². The summed E-state index contributed by atoms with van der Waals surface area (Å²) >= 11 is 1.89. The van der Waals surface area contributed by atoms with Crippen LogP contribution in [0.3, 0.4) is 0 Å². The number of nitrogens with two attached hydrogens (primary N) is 1. The van der Waals surface area contributed by atoms with E-state index in [-0.39, 0.29) is 10.7 Å². The number of carbonyl (C=O) groups is 1. The first-order valence-electron chi connectivity index (χ1n) is 7.30. The second-order valence-electron chi connectivity index (χ2n) is 5.55. The molecule has 1 atom stereocenters. The fourth-order valence-corrected chi connectivity index (χ4v) is 3.73. The highest BCUT2D eigenvalue weighted by Crippen LogP contribution is 2.38. The van der Waals surface area contributed by atoms with Gasteiger partial charge in [0.25, 0.3) is 0 Å². The fourth-order valence-electron chi connectivity index (χ4n) is 2.82. The minimum Gasteiger partial charge on any atom is -0.353 e. The van der Waals surface area contributed by atoms with Crippen molar-refractivity contribution in [1.82, 2.24) is 5.32 Å². The van der Waals surface area contributed by atoms with Gasteiger partial charge in [-0.15, -0.1) is 0 Å². The fraction of sp³-hybridized carbons (Fsp3) is 0.562. The summed E-state index contributed by atoms with van der Waals surface area (Å²) in [5.74, 6) is -0.0739. The number of thioether (sulfide) groups is 1. The molecule has 20 heavy (non-hydrogen) atoms. The largest absolute Gasteiger partial charge is 0.353 e. The molecule has 0 spiro atoms. The maximum absolute atomic E-state index is 12.2. The summed E-state index contributed by atoms with van der Waals surface area (Å²) in [6, 6.07) is 8.97. The molecule has 3 N–H and O–H groups in total. The molecule has 1 saturated carbocycles. The summed E-state index contributed by atoms with van der Waals surface area (Å²) in [6.07, 6.45) is 8.38. The van der Waals surface area contributed by atoms with Crippen LogP contribution in [-0.2, 0) is 4.79 Å². The van der Waals surface area contributed by atoms with E-state index in [9.17, 15) is 4.79 Å². The lowest BCUT2D eigenvalue weighted by Gasteiger charge is -2.36. The molecule has 0 aliphatic heterocycles. The van der Waals surface area contributed by atoms with Gasteiger partial charge in [0.15, 0.2) is 0 Å². The molecule has 0 heterocycles. The predicted molar refractivity (Wildman–Crippen MR) is 85.7 cm³/mol. The zero-order chi connectivity index (χ0) is 14.4. The summed E-state index contributed by atoms with van der Waals surface area (Å²) in [7, 11) is 0. The summed E-state index contributed by atoms with van der Waals surface area (Å²) in [6.45, 7) is 0.730. The summed E-state index contributed by atoms with van der Waals surface area (Å²) in [5, 5.41) is 3.06. The van der Waals surface area contributed by atoms with E-state index in [1.54, 1.807) is 0 Å². The van der Waals surface area contributed by atoms with Crippen molar-refractivity contribution >= 4 is 17.7 Å². The van der Waals surface area contributed by atoms with Gasteiger partial charge in [0.05, 0.1) is 0 Å². The van der Waals surface area contributed by atoms with Gasteiger partial charge < -0.3 is 11.1 Å². The summed E-state index contributed by atoms with van der Waals surface area (Å²) in [5.41, 5.74) is 6.89. The minimum absolute atomic E-state index is 0.0739. The Morgan fingerprint density at radius 2 is 1.95 bits per heavy atom. The van der Waals surface area contributed by atoms with Gasteiger partial charge in [-0.3, -0.25) is 4.79 Å². The highest BCUT2D eigenvalue weighted by atomic mass is 32.2. The summed E-state index contributed by atoms with van der Waals surface area (Å²) < 4.78 is 0.213. The van der Waals surface area contributed by atoms with E-state index in [1.165, 1.54) is 32.1 Å². The van der Waals surface area contributed by atoms with Gasteiger partial charge in [0.2, 0.25) is 5.91 Å². The molecule has 1 aromatic carbocycles. The standard InChI is InChI=1S/C16H24N2OS/c1-20-16(10-6-3-7-11-16)12-18-15(19)14(17)13-8-4-2-5-9-13/h2,4-5,8-9,14H,3,6-7,10-12,17H2,1H3,(H,18,19)/t14-/m0/s1. The Labute approximate surface area is 125 Å². The lowest BCUT2D eigenvalue weighted by molar-refractivity contribution is -0.122. The third-order valence-corrected chi connectivity index (χ3v) is 5.64. The van der Waals surface area contributed by atoms with Crippen LogP contribution in [0.4, 0.5) is 0 Å². The molecule has 0 bridgehead atoms. The molecular formula is C16H24N2OS. The molecule has 1 aromatic rings. The van der Waals surface area contributed by atoms with Crippen LogP contribution in [0.25, 0.3) is 0 Å². The lowest BCUT2D eigenvalue weighted by Crippen LogP contribution is -2.44. The van der Waals surface area contributed by atoms with Gasteiger partial charge in [0.1, 0.15) is 6.04 Å². The molecule has 1 aliphatic carbocycles. The Morgan fingerprint density at radius 1 is 1.30 bits per heavy atom. The molecule has 4 heteroatoms. The Morgan fingerprint density at radius 3 is 2.55 bits per heavy atom. The van der Waals surface area contributed by atoms with E-state index in [2.05, 4.69) is 11.6 Å². The number of nitrogens with one attached hydrogen (secondary N) is 1. The number of amides is 1. The monoisotopic (exact) mass is 292 g/mol. The molecule has 2 rings (SSSR count). The van der Waals surface area contributed by atoms with Gasteiger partial charge in [-0.2, -0.15) is 11.8 Å². The first kappa shape index (κ1) is 15.4. The van der Waals surface area contributed by atoms with Gasteiger partial charge in [-0.1, -0.05) is 49.6 Å². The van der Waals surface area contributed by atoms with Crippen molar-refractivity contribution in [2.45, 2.75) is 42.9 Å². The lowest BCUT2D eigenvalue weighted by atomic mass is 9.88. The zero-order valence-corrected chi connectivity index (χ0v) is 12.9. The molecule has 1 fully saturated rings. The van der Waals surface area contributed by atoms with Gasteiger partial charge in [0, 0.05) is 11.3 Å². The van der Waals surface area contributed by atoms with Crippen molar-refractivity contribution in [2.24, 2.45) is 5.73 Å². The average Bonchev–Trinajstić information content (AvgIpc) is 2.53. The van der Waals surface area contributed by atoms with Crippen molar-refractivity contribution < 1.29 is 4.79 Å². The molecule has 110 valence electrons. The van der Waals surface area contributed by atoms with Crippen LogP contribution >= 0.6 is 11.8 Å². The van der Waals surface area contributed by atoms with E-state index in [4.69, 9.17) is 5.73 Å². The molecule has 1 amide bonds. The third kappa shape index (κ3) is 3.76. The van der Waals surface area contributed by atoms with Crippen molar-refractivity contribution in [1.29, 1.82) is 0 Å². The van der Waals surface area contributed by atoms with Crippen LogP contribution in [-0.4, -0.2) is 23.5 Å². The molecule has 0 saturated heterocycles. The highest BCUT2D eigenvalue weighted by molar-refractivity contribution is 8.00. The molecule has 0 unspecified atom stereocenters. The molecule has 3 nitrogen and oxygen atoms in total. The highest BCUT2D eigenvalue weighted by Gasteiger charge is 2.32. The van der Waals surface area contributed by atoms with Crippen molar-refractivity contribution in [2.75, 3.05) is 12.8 Å². The van der Waals surface area contributed by atoms with Crippen LogP contribution in [0.5, 0.6) is 0 Å².